The van der Waals surface area contributed by atoms with Gasteiger partial charge in [-0.25, -0.2) is 4.79 Å². The smallest absolute Gasteiger partial charge is 0.319 e. The predicted molar refractivity (Wildman–Crippen MR) is 83.6 cm³/mol. The van der Waals surface area contributed by atoms with Crippen molar-refractivity contribution in [1.82, 2.24) is 5.32 Å². The van der Waals surface area contributed by atoms with Gasteiger partial charge in [-0.1, -0.05) is 26.8 Å². The highest BCUT2D eigenvalue weighted by Gasteiger charge is 2.28. The third kappa shape index (κ3) is 5.45. The van der Waals surface area contributed by atoms with E-state index < -0.39 is 12.0 Å². The largest absolute Gasteiger partial charge is 0.481 e. The average Bonchev–Trinajstić information content (AvgIpc) is 2.31. The molecule has 5 heteroatoms. The summed E-state index contributed by atoms with van der Waals surface area (Å²) in [6.45, 7) is 9.67. The van der Waals surface area contributed by atoms with E-state index in [1.165, 1.54) is 0 Å². The normalized spacial score (nSPS) is 12.6. The molecule has 0 bridgehead atoms. The number of aliphatic carboxylic acids is 1. The van der Waals surface area contributed by atoms with Crippen molar-refractivity contribution in [2.45, 2.75) is 47.1 Å². The minimum atomic E-state index is -0.929. The van der Waals surface area contributed by atoms with Gasteiger partial charge in [-0.3, -0.25) is 4.79 Å². The first kappa shape index (κ1) is 17.0. The van der Waals surface area contributed by atoms with Gasteiger partial charge in [0.05, 0.1) is 6.42 Å². The van der Waals surface area contributed by atoms with E-state index in [4.69, 9.17) is 5.11 Å². The zero-order valence-electron chi connectivity index (χ0n) is 13.3. The summed E-state index contributed by atoms with van der Waals surface area (Å²) in [5, 5.41) is 14.4. The fraction of sp³-hybridized carbons (Fsp3) is 0.500. The molecule has 0 heterocycles. The van der Waals surface area contributed by atoms with Crippen LogP contribution in [0.4, 0.5) is 10.5 Å². The van der Waals surface area contributed by atoms with E-state index in [0.717, 1.165) is 11.1 Å². The second-order valence-electron chi connectivity index (χ2n) is 6.41. The van der Waals surface area contributed by atoms with Crippen molar-refractivity contribution in [3.05, 3.63) is 29.3 Å². The Labute approximate surface area is 125 Å². The van der Waals surface area contributed by atoms with Crippen LogP contribution in [0, 0.1) is 19.3 Å². The van der Waals surface area contributed by atoms with Gasteiger partial charge in [0.15, 0.2) is 0 Å². The molecule has 2 amide bonds. The molecule has 1 rings (SSSR count). The molecule has 1 aromatic rings. The maximum Gasteiger partial charge on any atom is 0.319 e. The highest BCUT2D eigenvalue weighted by molar-refractivity contribution is 5.90. The Morgan fingerprint density at radius 3 is 2.29 bits per heavy atom. The van der Waals surface area contributed by atoms with Crippen molar-refractivity contribution in [2.75, 3.05) is 5.32 Å². The zero-order chi connectivity index (χ0) is 16.2. The van der Waals surface area contributed by atoms with Crippen LogP contribution in [0.2, 0.25) is 0 Å². The lowest BCUT2D eigenvalue weighted by molar-refractivity contribution is -0.138. The lowest BCUT2D eigenvalue weighted by Crippen LogP contribution is -2.46. The number of benzene rings is 1. The summed E-state index contributed by atoms with van der Waals surface area (Å²) in [6.07, 6.45) is -0.107. The number of anilines is 1. The van der Waals surface area contributed by atoms with E-state index in [2.05, 4.69) is 10.6 Å². The van der Waals surface area contributed by atoms with Crippen LogP contribution in [0.3, 0.4) is 0 Å². The fourth-order valence-electron chi connectivity index (χ4n) is 1.89. The third-order valence-corrected chi connectivity index (χ3v) is 3.49. The number of aryl methyl sites for hydroxylation is 2. The number of urea groups is 1. The lowest BCUT2D eigenvalue weighted by atomic mass is 9.85. The molecule has 0 radical (unpaired) electrons. The van der Waals surface area contributed by atoms with Gasteiger partial charge < -0.3 is 15.7 Å². The van der Waals surface area contributed by atoms with Gasteiger partial charge in [-0.05, 0) is 42.5 Å². The predicted octanol–water partition coefficient (Wildman–Crippen LogP) is 3.31. The Morgan fingerprint density at radius 1 is 1.19 bits per heavy atom. The van der Waals surface area contributed by atoms with E-state index in [0.29, 0.717) is 5.69 Å². The lowest BCUT2D eigenvalue weighted by Gasteiger charge is -2.30. The molecular formula is C16H24N2O3. The number of rotatable bonds is 4. The molecule has 0 aliphatic carbocycles. The second kappa shape index (κ2) is 6.61. The molecule has 0 fully saturated rings. The van der Waals surface area contributed by atoms with Crippen LogP contribution in [-0.2, 0) is 4.79 Å². The molecule has 0 saturated heterocycles. The van der Waals surface area contributed by atoms with Crippen molar-refractivity contribution in [3.8, 4) is 0 Å². The summed E-state index contributed by atoms with van der Waals surface area (Å²) in [5.74, 6) is -0.929. The molecule has 1 aromatic carbocycles. The number of carboxylic acids is 1. The zero-order valence-corrected chi connectivity index (χ0v) is 13.3. The van der Waals surface area contributed by atoms with Gasteiger partial charge in [0.1, 0.15) is 0 Å². The quantitative estimate of drug-likeness (QED) is 0.796. The monoisotopic (exact) mass is 292 g/mol. The topological polar surface area (TPSA) is 78.4 Å². The summed E-state index contributed by atoms with van der Waals surface area (Å²) in [5.41, 5.74) is 2.60. The van der Waals surface area contributed by atoms with Crippen LogP contribution < -0.4 is 10.6 Å². The van der Waals surface area contributed by atoms with Crippen LogP contribution in [0.5, 0.6) is 0 Å². The van der Waals surface area contributed by atoms with Crippen molar-refractivity contribution < 1.29 is 14.7 Å². The van der Waals surface area contributed by atoms with Crippen molar-refractivity contribution in [2.24, 2.45) is 5.41 Å². The molecule has 1 unspecified atom stereocenters. The number of hydrogen-bond donors (Lipinski definition) is 3. The Bertz CT molecular complexity index is 533. The molecule has 0 saturated carbocycles. The minimum absolute atomic E-state index is 0.107. The Hall–Kier alpha value is -2.04. The molecule has 21 heavy (non-hydrogen) atoms. The molecule has 116 valence electrons. The van der Waals surface area contributed by atoms with Gasteiger partial charge in [-0.15, -0.1) is 0 Å². The number of carbonyl (C=O) groups is 2. The van der Waals surface area contributed by atoms with Crippen molar-refractivity contribution >= 4 is 17.7 Å². The molecule has 0 aliphatic rings. The number of carbonyl (C=O) groups excluding carboxylic acids is 1. The Kier molecular flexibility index (Phi) is 5.35. The van der Waals surface area contributed by atoms with Gasteiger partial charge in [0.2, 0.25) is 0 Å². The van der Waals surface area contributed by atoms with Crippen LogP contribution >= 0.6 is 0 Å². The molecule has 1 atom stereocenters. The number of amides is 2. The Balaban J connectivity index is 2.73. The van der Waals surface area contributed by atoms with Crippen LogP contribution in [-0.4, -0.2) is 23.1 Å². The standard InChI is InChI=1S/C16H24N2O3/c1-10-6-7-12(8-11(10)2)17-15(21)18-13(9-14(19)20)16(3,4)5/h6-8,13H,9H2,1-5H3,(H,19,20)(H2,17,18,21). The summed E-state index contributed by atoms with van der Waals surface area (Å²) < 4.78 is 0. The van der Waals surface area contributed by atoms with Crippen LogP contribution in [0.1, 0.15) is 38.3 Å². The van der Waals surface area contributed by atoms with Crippen molar-refractivity contribution in [1.29, 1.82) is 0 Å². The first-order valence-electron chi connectivity index (χ1n) is 6.96. The summed E-state index contributed by atoms with van der Waals surface area (Å²) in [4.78, 5) is 22.9. The second-order valence-corrected chi connectivity index (χ2v) is 6.41. The highest BCUT2D eigenvalue weighted by atomic mass is 16.4. The van der Waals surface area contributed by atoms with E-state index >= 15 is 0 Å². The van der Waals surface area contributed by atoms with E-state index in [-0.39, 0.29) is 17.9 Å². The fourth-order valence-corrected chi connectivity index (χ4v) is 1.89. The van der Waals surface area contributed by atoms with Gasteiger partial charge >= 0.3 is 12.0 Å². The SMILES string of the molecule is Cc1ccc(NC(=O)NC(CC(=O)O)C(C)(C)C)cc1C. The van der Waals surface area contributed by atoms with Crippen LogP contribution in [0.25, 0.3) is 0 Å². The van der Waals surface area contributed by atoms with Gasteiger partial charge in [0.25, 0.3) is 0 Å². The maximum atomic E-state index is 12.0. The first-order chi connectivity index (χ1) is 9.59. The summed E-state index contributed by atoms with van der Waals surface area (Å²) in [6, 6.07) is 4.81. The van der Waals surface area contributed by atoms with E-state index in [9.17, 15) is 9.59 Å². The highest BCUT2D eigenvalue weighted by Crippen LogP contribution is 2.22. The van der Waals surface area contributed by atoms with E-state index in [1.54, 1.807) is 0 Å². The van der Waals surface area contributed by atoms with Gasteiger partial charge in [-0.2, -0.15) is 0 Å². The maximum absolute atomic E-state index is 12.0. The molecule has 3 N–H and O–H groups in total. The van der Waals surface area contributed by atoms with Gasteiger partial charge in [0, 0.05) is 11.7 Å². The minimum Gasteiger partial charge on any atom is -0.481 e. The first-order valence-corrected chi connectivity index (χ1v) is 6.96. The number of nitrogens with one attached hydrogen (secondary N) is 2. The summed E-state index contributed by atoms with van der Waals surface area (Å²) in [7, 11) is 0. The number of carboxylic acid groups (broad SMARTS) is 1. The third-order valence-electron chi connectivity index (χ3n) is 3.49. The molecule has 5 nitrogen and oxygen atoms in total. The van der Waals surface area contributed by atoms with Crippen LogP contribution in [0.15, 0.2) is 18.2 Å². The Morgan fingerprint density at radius 2 is 1.81 bits per heavy atom. The molecule has 0 spiro atoms. The average molecular weight is 292 g/mol. The molecule has 0 aliphatic heterocycles. The molecule has 0 aromatic heterocycles. The van der Waals surface area contributed by atoms with Crippen molar-refractivity contribution in [3.63, 3.8) is 0 Å². The van der Waals surface area contributed by atoms with E-state index in [1.807, 2.05) is 52.8 Å². The molecular weight excluding hydrogens is 268 g/mol. The number of hydrogen-bond acceptors (Lipinski definition) is 2. The summed E-state index contributed by atoms with van der Waals surface area (Å²) >= 11 is 0.